The maximum Gasteiger partial charge on any atom is 0.295 e. The van der Waals surface area contributed by atoms with Crippen LogP contribution in [-0.4, -0.2) is 19.6 Å². The van der Waals surface area contributed by atoms with Crippen LogP contribution in [0, 0.1) is 5.82 Å². The summed E-state index contributed by atoms with van der Waals surface area (Å²) in [4.78, 5) is 28.6. The Kier molecular flexibility index (Phi) is 5.37. The summed E-state index contributed by atoms with van der Waals surface area (Å²) in [6.07, 6.45) is 1.62. The normalized spacial score (nSPS) is 14.8. The number of amides is 1. The van der Waals surface area contributed by atoms with Gasteiger partial charge in [0, 0.05) is 5.69 Å². The molecule has 1 aliphatic heterocycles. The Morgan fingerprint density at radius 3 is 2.56 bits per heavy atom. The number of anilines is 1. The third kappa shape index (κ3) is 3.42. The van der Waals surface area contributed by atoms with Crippen molar-refractivity contribution in [3.8, 4) is 11.5 Å². The Hall–Kier alpha value is -4.39. The minimum atomic E-state index is -0.809. The quantitative estimate of drug-likeness (QED) is 0.370. The van der Waals surface area contributed by atoms with Gasteiger partial charge >= 0.3 is 0 Å². The topological polar surface area (TPSA) is 69.0 Å². The summed E-state index contributed by atoms with van der Waals surface area (Å²) in [5, 5.41) is 0.373. The lowest BCUT2D eigenvalue weighted by Gasteiger charge is -2.26. The zero-order valence-electron chi connectivity index (χ0n) is 18.3. The van der Waals surface area contributed by atoms with Crippen LogP contribution in [0.4, 0.5) is 10.1 Å². The maximum atomic E-state index is 13.6. The number of ether oxygens (including phenoxy) is 2. The fraction of sp³-hybridized carbons (Fsp3) is 0.111. The first kappa shape index (κ1) is 21.5. The number of halogens is 1. The second-order valence-corrected chi connectivity index (χ2v) is 7.73. The van der Waals surface area contributed by atoms with E-state index >= 15 is 0 Å². The summed E-state index contributed by atoms with van der Waals surface area (Å²) in [6, 6.07) is 16.7. The molecule has 4 aromatic rings. The summed E-state index contributed by atoms with van der Waals surface area (Å²) in [6.45, 7) is 3.94. The van der Waals surface area contributed by atoms with E-state index in [0.717, 1.165) is 0 Å². The van der Waals surface area contributed by atoms with E-state index in [9.17, 15) is 14.0 Å². The van der Waals surface area contributed by atoms with Gasteiger partial charge in [0.1, 0.15) is 18.0 Å². The molecule has 0 fully saturated rings. The fourth-order valence-corrected chi connectivity index (χ4v) is 4.23. The molecule has 7 heteroatoms. The summed E-state index contributed by atoms with van der Waals surface area (Å²) < 4.78 is 30.7. The van der Waals surface area contributed by atoms with Gasteiger partial charge in [-0.2, -0.15) is 0 Å². The molecule has 0 saturated carbocycles. The van der Waals surface area contributed by atoms with Crippen LogP contribution in [0.1, 0.15) is 27.7 Å². The van der Waals surface area contributed by atoms with Crippen molar-refractivity contribution in [2.75, 3.05) is 18.6 Å². The van der Waals surface area contributed by atoms with Gasteiger partial charge in [0.15, 0.2) is 16.9 Å². The van der Waals surface area contributed by atoms with Crippen LogP contribution in [0.15, 0.2) is 88.6 Å². The molecule has 5 rings (SSSR count). The van der Waals surface area contributed by atoms with Gasteiger partial charge in [-0.05, 0) is 54.1 Å². The molecule has 0 saturated heterocycles. The lowest BCUT2D eigenvalue weighted by molar-refractivity contribution is 0.0971. The number of benzene rings is 3. The number of nitrogens with zero attached hydrogens (tertiary/aromatic N) is 1. The van der Waals surface area contributed by atoms with Crippen molar-refractivity contribution in [2.45, 2.75) is 6.04 Å². The molecule has 1 aromatic heterocycles. The van der Waals surface area contributed by atoms with Crippen molar-refractivity contribution < 1.29 is 23.1 Å². The minimum Gasteiger partial charge on any atom is -0.493 e. The summed E-state index contributed by atoms with van der Waals surface area (Å²) in [5.41, 5.74) is 1.28. The second kappa shape index (κ2) is 8.51. The van der Waals surface area contributed by atoms with Gasteiger partial charge in [-0.3, -0.25) is 14.5 Å². The molecule has 1 atom stereocenters. The Morgan fingerprint density at radius 1 is 1.06 bits per heavy atom. The Balaban J connectivity index is 1.75. The first-order chi connectivity index (χ1) is 16.5. The van der Waals surface area contributed by atoms with Gasteiger partial charge in [-0.15, -0.1) is 0 Å². The number of carbonyl (C=O) groups excluding carboxylic acids is 1. The molecule has 0 N–H and O–H groups in total. The number of hydrogen-bond donors (Lipinski definition) is 0. The van der Waals surface area contributed by atoms with E-state index in [4.69, 9.17) is 13.9 Å². The van der Waals surface area contributed by atoms with Crippen molar-refractivity contribution in [3.05, 3.63) is 112 Å². The zero-order valence-corrected chi connectivity index (χ0v) is 18.3. The molecule has 6 nitrogen and oxygen atoms in total. The van der Waals surface area contributed by atoms with Gasteiger partial charge in [0.25, 0.3) is 5.91 Å². The van der Waals surface area contributed by atoms with E-state index < -0.39 is 17.8 Å². The second-order valence-electron chi connectivity index (χ2n) is 7.73. The predicted molar refractivity (Wildman–Crippen MR) is 126 cm³/mol. The average molecular weight is 457 g/mol. The molecule has 3 aromatic carbocycles. The maximum absolute atomic E-state index is 13.6. The van der Waals surface area contributed by atoms with Crippen molar-refractivity contribution in [1.29, 1.82) is 0 Å². The lowest BCUT2D eigenvalue weighted by atomic mass is 9.97. The highest BCUT2D eigenvalue weighted by molar-refractivity contribution is 6.10. The highest BCUT2D eigenvalue weighted by Gasteiger charge is 2.43. The number of para-hydroxylation sites is 1. The van der Waals surface area contributed by atoms with E-state index in [2.05, 4.69) is 6.58 Å². The van der Waals surface area contributed by atoms with E-state index in [1.54, 1.807) is 48.5 Å². The molecule has 1 amide bonds. The molecule has 170 valence electrons. The van der Waals surface area contributed by atoms with Gasteiger partial charge in [0.2, 0.25) is 5.76 Å². The molecule has 0 spiro atoms. The highest BCUT2D eigenvalue weighted by Crippen LogP contribution is 2.43. The standard InChI is InChI=1S/C27H20FNO5/c1-3-14-33-21-13-8-16(15-22(21)32-2)24-23-25(30)19-6-4-5-7-20(19)34-26(23)27(31)29(24)18-11-9-17(28)10-12-18/h3-13,15,24H,1,14H2,2H3. The molecular weight excluding hydrogens is 437 g/mol. The number of methoxy groups -OCH3 is 1. The van der Waals surface area contributed by atoms with Gasteiger partial charge in [0.05, 0.1) is 24.1 Å². The minimum absolute atomic E-state index is 0.0380. The third-order valence-corrected chi connectivity index (χ3v) is 5.74. The van der Waals surface area contributed by atoms with Crippen LogP contribution >= 0.6 is 0 Å². The fourth-order valence-electron chi connectivity index (χ4n) is 4.23. The van der Waals surface area contributed by atoms with Gasteiger partial charge < -0.3 is 13.9 Å². The summed E-state index contributed by atoms with van der Waals surface area (Å²) in [7, 11) is 1.51. The number of fused-ring (bicyclic) bond motifs is 2. The smallest absolute Gasteiger partial charge is 0.295 e. The summed E-state index contributed by atoms with van der Waals surface area (Å²) in [5.74, 6) is -0.0294. The van der Waals surface area contributed by atoms with E-state index in [0.29, 0.717) is 33.7 Å². The predicted octanol–water partition coefficient (Wildman–Crippen LogP) is 5.26. The molecule has 1 unspecified atom stereocenters. The van der Waals surface area contributed by atoms with Gasteiger partial charge in [-0.25, -0.2) is 4.39 Å². The van der Waals surface area contributed by atoms with E-state index in [1.165, 1.54) is 36.3 Å². The highest BCUT2D eigenvalue weighted by atomic mass is 19.1. The number of hydrogen-bond acceptors (Lipinski definition) is 5. The Morgan fingerprint density at radius 2 is 1.82 bits per heavy atom. The van der Waals surface area contributed by atoms with Crippen LogP contribution in [0.5, 0.6) is 11.5 Å². The van der Waals surface area contributed by atoms with Crippen LogP contribution in [0.2, 0.25) is 0 Å². The molecule has 0 radical (unpaired) electrons. The third-order valence-electron chi connectivity index (χ3n) is 5.74. The van der Waals surface area contributed by atoms with Crippen LogP contribution in [-0.2, 0) is 0 Å². The average Bonchev–Trinajstić information content (AvgIpc) is 3.15. The van der Waals surface area contributed by atoms with Crippen molar-refractivity contribution >= 4 is 22.6 Å². The molecule has 34 heavy (non-hydrogen) atoms. The SMILES string of the molecule is C=CCOc1ccc(C2c3c(oc4ccccc4c3=O)C(=O)N2c2ccc(F)cc2)cc1OC. The largest absolute Gasteiger partial charge is 0.493 e. The Bertz CT molecular complexity index is 1480. The van der Waals surface area contributed by atoms with E-state index in [-0.39, 0.29) is 23.4 Å². The van der Waals surface area contributed by atoms with Crippen molar-refractivity contribution in [3.63, 3.8) is 0 Å². The number of carbonyl (C=O) groups is 1. The van der Waals surface area contributed by atoms with Crippen LogP contribution in [0.3, 0.4) is 0 Å². The molecule has 0 aliphatic carbocycles. The van der Waals surface area contributed by atoms with Crippen molar-refractivity contribution in [1.82, 2.24) is 0 Å². The van der Waals surface area contributed by atoms with Crippen LogP contribution in [0.25, 0.3) is 11.0 Å². The molecular formula is C27H20FNO5. The number of rotatable bonds is 6. The Labute approximate surface area is 194 Å². The zero-order chi connectivity index (χ0) is 23.8. The first-order valence-electron chi connectivity index (χ1n) is 10.6. The lowest BCUT2D eigenvalue weighted by Crippen LogP contribution is -2.29. The monoisotopic (exact) mass is 457 g/mol. The van der Waals surface area contributed by atoms with Crippen molar-refractivity contribution in [2.24, 2.45) is 0 Å². The van der Waals surface area contributed by atoms with E-state index in [1.807, 2.05) is 0 Å². The summed E-state index contributed by atoms with van der Waals surface area (Å²) >= 11 is 0. The van der Waals surface area contributed by atoms with Gasteiger partial charge in [-0.1, -0.05) is 30.9 Å². The molecule has 2 heterocycles. The first-order valence-corrected chi connectivity index (χ1v) is 10.6. The van der Waals surface area contributed by atoms with Crippen LogP contribution < -0.4 is 19.8 Å². The molecule has 1 aliphatic rings. The molecule has 0 bridgehead atoms.